The molecule has 0 amide bonds. The predicted octanol–water partition coefficient (Wildman–Crippen LogP) is 17.2. The van der Waals surface area contributed by atoms with Crippen LogP contribution in [0, 0.1) is 17.9 Å². The molecule has 14 rings (SSSR count). The zero-order chi connectivity index (χ0) is 48.4. The Morgan fingerprint density at radius 2 is 0.736 bits per heavy atom. The van der Waals surface area contributed by atoms with E-state index in [4.69, 9.17) is 6.57 Å². The van der Waals surface area contributed by atoms with Crippen LogP contribution in [0.2, 0.25) is 0 Å². The fraction of sp³-hybridized carbons (Fsp3) is 0.0159. The van der Waals surface area contributed by atoms with E-state index < -0.39 is 11.7 Å². The Morgan fingerprint density at radius 1 is 0.375 bits per heavy atom. The van der Waals surface area contributed by atoms with Crippen molar-refractivity contribution in [2.24, 2.45) is 0 Å². The normalized spacial score (nSPS) is 12.1. The first kappa shape index (κ1) is 41.2. The number of para-hydroxylation sites is 6. The summed E-state index contributed by atoms with van der Waals surface area (Å²) in [4.78, 5) is 3.97. The molecule has 9 heteroatoms. The summed E-state index contributed by atoms with van der Waals surface area (Å²) in [7, 11) is 0. The summed E-state index contributed by atoms with van der Waals surface area (Å²) in [6, 6.07) is 71.5. The van der Waals surface area contributed by atoms with Gasteiger partial charge >= 0.3 is 6.18 Å². The lowest BCUT2D eigenvalue weighted by molar-refractivity contribution is -0.137. The van der Waals surface area contributed by atoms with Gasteiger partial charge in [-0.2, -0.15) is 18.4 Å². The van der Waals surface area contributed by atoms with Crippen molar-refractivity contribution in [3.05, 3.63) is 235 Å². The number of halogens is 3. The Labute approximate surface area is 408 Å². The summed E-state index contributed by atoms with van der Waals surface area (Å²) in [6.07, 6.45) is -4.82. The standard InChI is InChI=1S/C63H35F3N6/c1-68-52-36-62(72-58-25-13-7-19-47(58)50-34-40(28-31-60(50)72)70-55-22-10-4-16-44(55)45-17-5-11-23-56(45)70)61(35-48(52)41-29-26-38(37-67)32-51(41)63(64,65)66)71-57-24-12-6-18-46(57)49-33-39(27-30-59(49)71)69-53-20-8-2-14-42(53)43-15-3-9-21-54(43)69/h2-36H. The highest BCUT2D eigenvalue weighted by Gasteiger charge is 2.35. The number of nitriles is 1. The Morgan fingerprint density at radius 3 is 1.12 bits per heavy atom. The van der Waals surface area contributed by atoms with Gasteiger partial charge in [-0.15, -0.1) is 0 Å². The van der Waals surface area contributed by atoms with Crippen LogP contribution < -0.4 is 0 Å². The first-order valence-corrected chi connectivity index (χ1v) is 23.5. The molecule has 72 heavy (non-hydrogen) atoms. The van der Waals surface area contributed by atoms with Crippen LogP contribution in [-0.4, -0.2) is 18.3 Å². The van der Waals surface area contributed by atoms with Crippen molar-refractivity contribution in [2.75, 3.05) is 0 Å². The van der Waals surface area contributed by atoms with E-state index in [0.717, 1.165) is 105 Å². The van der Waals surface area contributed by atoms with Crippen LogP contribution in [-0.2, 0) is 6.18 Å². The lowest BCUT2D eigenvalue weighted by Crippen LogP contribution is -2.09. The highest BCUT2D eigenvalue weighted by molar-refractivity contribution is 6.15. The molecule has 0 N–H and O–H groups in total. The van der Waals surface area contributed by atoms with E-state index in [0.29, 0.717) is 11.4 Å². The minimum absolute atomic E-state index is 0.0335. The molecule has 0 unspecified atom stereocenters. The monoisotopic (exact) mass is 932 g/mol. The molecule has 0 bridgehead atoms. The van der Waals surface area contributed by atoms with Gasteiger partial charge in [-0.25, -0.2) is 4.85 Å². The minimum atomic E-state index is -4.82. The van der Waals surface area contributed by atoms with Gasteiger partial charge in [0.2, 0.25) is 0 Å². The fourth-order valence-electron chi connectivity index (χ4n) is 11.4. The van der Waals surface area contributed by atoms with Crippen molar-refractivity contribution in [1.82, 2.24) is 18.3 Å². The van der Waals surface area contributed by atoms with Crippen LogP contribution in [0.15, 0.2) is 212 Å². The number of alkyl halides is 3. The van der Waals surface area contributed by atoms with E-state index >= 15 is 13.2 Å². The lowest BCUT2D eigenvalue weighted by atomic mass is 9.95. The van der Waals surface area contributed by atoms with Crippen LogP contribution in [0.25, 0.3) is 126 Å². The van der Waals surface area contributed by atoms with Crippen molar-refractivity contribution >= 4 is 92.9 Å². The van der Waals surface area contributed by atoms with Gasteiger partial charge < -0.3 is 18.3 Å². The molecule has 0 radical (unpaired) electrons. The summed E-state index contributed by atoms with van der Waals surface area (Å²) in [5, 5.41) is 18.2. The van der Waals surface area contributed by atoms with Gasteiger partial charge in [-0.1, -0.05) is 115 Å². The van der Waals surface area contributed by atoms with Crippen LogP contribution >= 0.6 is 0 Å². The Kier molecular flexibility index (Phi) is 8.77. The molecule has 0 saturated carbocycles. The van der Waals surface area contributed by atoms with Crippen molar-refractivity contribution in [1.29, 1.82) is 5.26 Å². The maximum Gasteiger partial charge on any atom is 0.417 e. The predicted molar refractivity (Wildman–Crippen MR) is 285 cm³/mol. The quantitative estimate of drug-likeness (QED) is 0.159. The highest BCUT2D eigenvalue weighted by atomic mass is 19.4. The van der Waals surface area contributed by atoms with E-state index in [2.05, 4.69) is 163 Å². The average Bonchev–Trinajstić information content (AvgIpc) is 4.15. The van der Waals surface area contributed by atoms with Gasteiger partial charge in [0.15, 0.2) is 5.69 Å². The highest BCUT2D eigenvalue weighted by Crippen LogP contribution is 2.47. The zero-order valence-corrected chi connectivity index (χ0v) is 38.0. The Hall–Kier alpha value is -9.83. The molecule has 10 aromatic carbocycles. The molecule has 4 heterocycles. The van der Waals surface area contributed by atoms with Crippen molar-refractivity contribution < 1.29 is 13.2 Å². The van der Waals surface area contributed by atoms with Crippen LogP contribution in [0.4, 0.5) is 18.9 Å². The number of fused-ring (bicyclic) bond motifs is 12. The van der Waals surface area contributed by atoms with E-state index in [9.17, 15) is 5.26 Å². The number of aromatic nitrogens is 4. The number of hydrogen-bond donors (Lipinski definition) is 0. The van der Waals surface area contributed by atoms with Crippen molar-refractivity contribution in [3.8, 4) is 39.9 Å². The SMILES string of the molecule is [C-]#[N+]c1cc(-n2c3ccccc3c3cc(-n4c5ccccc5c5ccccc54)ccc32)c(-n2c3ccccc3c3cc(-n4c5ccccc5c5ccccc54)ccc32)cc1-c1ccc(C#N)cc1C(F)(F)F. The minimum Gasteiger partial charge on any atom is -0.309 e. The Bertz CT molecular complexity index is 4610. The second kappa shape index (κ2) is 15.3. The third-order valence-corrected chi connectivity index (χ3v) is 14.4. The summed E-state index contributed by atoms with van der Waals surface area (Å²) >= 11 is 0. The third-order valence-electron chi connectivity index (χ3n) is 14.4. The largest absolute Gasteiger partial charge is 0.417 e. The number of nitrogens with zero attached hydrogens (tertiary/aromatic N) is 6. The van der Waals surface area contributed by atoms with Gasteiger partial charge in [0.05, 0.1) is 79.3 Å². The maximum absolute atomic E-state index is 15.2. The topological polar surface area (TPSA) is 47.9 Å². The van der Waals surface area contributed by atoms with Crippen molar-refractivity contribution in [3.63, 3.8) is 0 Å². The molecular formula is C63H35F3N6. The fourth-order valence-corrected chi connectivity index (χ4v) is 11.4. The van der Waals surface area contributed by atoms with Gasteiger partial charge in [0, 0.05) is 54.5 Å². The molecule has 6 nitrogen and oxygen atoms in total. The molecule has 0 spiro atoms. The molecular weight excluding hydrogens is 898 g/mol. The number of hydrogen-bond acceptors (Lipinski definition) is 1. The van der Waals surface area contributed by atoms with Gasteiger partial charge in [0.1, 0.15) is 0 Å². The molecule has 4 aromatic heterocycles. The molecule has 14 aromatic rings. The van der Waals surface area contributed by atoms with Gasteiger partial charge in [0.25, 0.3) is 0 Å². The lowest BCUT2D eigenvalue weighted by Gasteiger charge is -2.21. The summed E-state index contributed by atoms with van der Waals surface area (Å²) in [6.45, 7) is 8.61. The smallest absolute Gasteiger partial charge is 0.309 e. The Balaban J connectivity index is 1.08. The van der Waals surface area contributed by atoms with E-state index in [1.54, 1.807) is 12.1 Å². The van der Waals surface area contributed by atoms with E-state index in [1.807, 2.05) is 48.5 Å². The molecule has 0 aliphatic rings. The van der Waals surface area contributed by atoms with E-state index in [1.165, 1.54) is 12.1 Å². The molecule has 338 valence electrons. The number of benzene rings is 10. The third kappa shape index (κ3) is 5.89. The van der Waals surface area contributed by atoms with Crippen LogP contribution in [0.5, 0.6) is 0 Å². The molecule has 0 atom stereocenters. The zero-order valence-electron chi connectivity index (χ0n) is 38.0. The van der Waals surface area contributed by atoms with Gasteiger partial charge in [-0.05, 0) is 108 Å². The van der Waals surface area contributed by atoms with Crippen LogP contribution in [0.3, 0.4) is 0 Å². The second-order valence-electron chi connectivity index (χ2n) is 18.2. The first-order valence-electron chi connectivity index (χ1n) is 23.5. The molecule has 0 fully saturated rings. The van der Waals surface area contributed by atoms with Crippen molar-refractivity contribution in [2.45, 2.75) is 6.18 Å². The van der Waals surface area contributed by atoms with Gasteiger partial charge in [-0.3, -0.25) is 0 Å². The summed E-state index contributed by atoms with van der Waals surface area (Å²) in [5.41, 5.74) is 9.62. The number of rotatable bonds is 5. The maximum atomic E-state index is 15.2. The molecule has 0 saturated heterocycles. The van der Waals surface area contributed by atoms with E-state index in [-0.39, 0.29) is 22.4 Å². The average molecular weight is 933 g/mol. The van der Waals surface area contributed by atoms with Crippen LogP contribution in [0.1, 0.15) is 11.1 Å². The molecule has 0 aliphatic heterocycles. The second-order valence-corrected chi connectivity index (χ2v) is 18.2. The first-order chi connectivity index (χ1) is 35.3. The summed E-state index contributed by atoms with van der Waals surface area (Å²) in [5.74, 6) is 0. The molecule has 0 aliphatic carbocycles. The summed E-state index contributed by atoms with van der Waals surface area (Å²) < 4.78 is 54.4.